The Morgan fingerprint density at radius 2 is 1.69 bits per heavy atom. The molecule has 0 aromatic heterocycles. The van der Waals surface area contributed by atoms with Gasteiger partial charge >= 0.3 is 5.69 Å². The van der Waals surface area contributed by atoms with Crippen molar-refractivity contribution in [1.29, 1.82) is 0 Å². The number of benzene rings is 2. The molecule has 0 bridgehead atoms. The number of methoxy groups -OCH3 is 1. The summed E-state index contributed by atoms with van der Waals surface area (Å²) < 4.78 is 19.0. The molecule has 0 heterocycles. The second kappa shape index (κ2) is 10.3. The molecule has 32 heavy (non-hydrogen) atoms. The molecule has 12 nitrogen and oxygen atoms in total. The third kappa shape index (κ3) is 5.51. The van der Waals surface area contributed by atoms with Gasteiger partial charge in [0, 0.05) is 12.6 Å². The molecule has 2 amide bonds. The van der Waals surface area contributed by atoms with Crippen LogP contribution >= 0.6 is 0 Å². The maximum atomic E-state index is 13.9. The topological polar surface area (TPSA) is 180 Å². The lowest BCUT2D eigenvalue weighted by molar-refractivity contribution is -0.395. The zero-order valence-electron chi connectivity index (χ0n) is 17.0. The molecule has 2 aromatic carbocycles. The van der Waals surface area contributed by atoms with Crippen molar-refractivity contribution in [2.45, 2.75) is 18.9 Å². The molecule has 0 saturated heterocycles. The Balaban J connectivity index is 2.16. The van der Waals surface area contributed by atoms with Crippen LogP contribution in [0, 0.1) is 26.0 Å². The summed E-state index contributed by atoms with van der Waals surface area (Å²) in [6.45, 7) is 1.17. The van der Waals surface area contributed by atoms with Gasteiger partial charge in [-0.15, -0.1) is 0 Å². The van der Waals surface area contributed by atoms with Crippen molar-refractivity contribution in [3.63, 3.8) is 0 Å². The molecule has 0 aliphatic heterocycles. The Bertz CT molecular complexity index is 1050. The predicted octanol–water partition coefficient (Wildman–Crippen LogP) is 1.84. The molecule has 0 radical (unpaired) electrons. The summed E-state index contributed by atoms with van der Waals surface area (Å²) in [5, 5.41) is 26.6. The molecule has 2 atom stereocenters. The monoisotopic (exact) mass is 449 g/mol. The highest BCUT2D eigenvalue weighted by atomic mass is 19.1. The van der Waals surface area contributed by atoms with Crippen molar-refractivity contribution in [1.82, 2.24) is 5.32 Å². The van der Waals surface area contributed by atoms with Gasteiger partial charge in [-0.05, 0) is 24.6 Å². The van der Waals surface area contributed by atoms with E-state index in [-0.39, 0.29) is 6.54 Å². The molecule has 170 valence electrons. The van der Waals surface area contributed by atoms with E-state index in [9.17, 15) is 34.2 Å². The number of nitrogens with zero attached hydrogens (tertiary/aromatic N) is 2. The van der Waals surface area contributed by atoms with Crippen molar-refractivity contribution in [2.24, 2.45) is 5.73 Å². The van der Waals surface area contributed by atoms with Crippen LogP contribution in [0.5, 0.6) is 5.75 Å². The number of rotatable bonds is 9. The largest absolute Gasteiger partial charge is 0.497 e. The van der Waals surface area contributed by atoms with Gasteiger partial charge in [0.2, 0.25) is 17.6 Å². The number of nitro benzene ring substituents is 2. The van der Waals surface area contributed by atoms with Gasteiger partial charge in [0.05, 0.1) is 28.9 Å². The predicted molar refractivity (Wildman–Crippen MR) is 111 cm³/mol. The first-order valence-electron chi connectivity index (χ1n) is 9.16. The van der Waals surface area contributed by atoms with Gasteiger partial charge in [-0.2, -0.15) is 4.39 Å². The van der Waals surface area contributed by atoms with Crippen LogP contribution in [0.1, 0.15) is 18.4 Å². The molecule has 4 N–H and O–H groups in total. The van der Waals surface area contributed by atoms with Gasteiger partial charge in [-0.25, -0.2) is 0 Å². The van der Waals surface area contributed by atoms with Gasteiger partial charge in [0.25, 0.3) is 5.69 Å². The van der Waals surface area contributed by atoms with Crippen LogP contribution in [0.2, 0.25) is 0 Å². The van der Waals surface area contributed by atoms with Crippen LogP contribution in [0.15, 0.2) is 36.4 Å². The Hall–Kier alpha value is -4.13. The molecule has 0 aliphatic rings. The highest BCUT2D eigenvalue weighted by molar-refractivity contribution is 6.01. The number of amides is 2. The van der Waals surface area contributed by atoms with Crippen molar-refractivity contribution >= 4 is 28.9 Å². The summed E-state index contributed by atoms with van der Waals surface area (Å²) in [5.74, 6) is -3.19. The summed E-state index contributed by atoms with van der Waals surface area (Å²) >= 11 is 0. The van der Waals surface area contributed by atoms with E-state index in [2.05, 4.69) is 10.6 Å². The standard InChI is InChI=1S/C19H20FN5O7/c1-10(22-15-7-14(20)16(24(28)29)8-17(15)25(30)31)18(26)23-19(27)13(9-21)11-3-5-12(32-2)6-4-11/h3-8,10,13,22H,9,21H2,1-2H3,(H,23,26,27)/t10-,13+/m0/s1. The maximum absolute atomic E-state index is 13.9. The zero-order valence-corrected chi connectivity index (χ0v) is 17.0. The van der Waals surface area contributed by atoms with Crippen LogP contribution in [-0.2, 0) is 9.59 Å². The summed E-state index contributed by atoms with van der Waals surface area (Å²) in [6, 6.07) is 6.24. The second-order valence-electron chi connectivity index (χ2n) is 6.62. The van der Waals surface area contributed by atoms with E-state index in [1.54, 1.807) is 24.3 Å². The molecule has 0 spiro atoms. The maximum Gasteiger partial charge on any atom is 0.311 e. The van der Waals surface area contributed by atoms with E-state index < -0.39 is 56.5 Å². The van der Waals surface area contributed by atoms with E-state index in [1.807, 2.05) is 0 Å². The number of halogens is 1. The number of ether oxygens (including phenoxy) is 1. The SMILES string of the molecule is COc1ccc([C@@H](CN)C(=O)NC(=O)[C@H](C)Nc2cc(F)c([N+](=O)[O-])cc2[N+](=O)[O-])cc1. The number of hydrogen-bond donors (Lipinski definition) is 3. The molecular formula is C19H20FN5O7. The molecule has 0 fully saturated rings. The minimum atomic E-state index is -1.32. The number of imide groups is 1. The highest BCUT2D eigenvalue weighted by Crippen LogP contribution is 2.32. The van der Waals surface area contributed by atoms with Crippen molar-refractivity contribution in [2.75, 3.05) is 19.0 Å². The molecule has 2 aromatic rings. The van der Waals surface area contributed by atoms with Crippen molar-refractivity contribution in [3.8, 4) is 5.75 Å². The van der Waals surface area contributed by atoms with Gasteiger partial charge in [0.1, 0.15) is 17.5 Å². The first-order valence-corrected chi connectivity index (χ1v) is 9.16. The lowest BCUT2D eigenvalue weighted by atomic mass is 9.98. The van der Waals surface area contributed by atoms with Crippen LogP contribution < -0.4 is 21.1 Å². The summed E-state index contributed by atoms with van der Waals surface area (Å²) in [5.41, 5.74) is 3.86. The molecule has 2 rings (SSSR count). The van der Waals surface area contributed by atoms with E-state index in [0.29, 0.717) is 23.4 Å². The normalized spacial score (nSPS) is 12.4. The van der Waals surface area contributed by atoms with Crippen LogP contribution in [0.4, 0.5) is 21.5 Å². The molecule has 0 aliphatic carbocycles. The molecule has 0 saturated carbocycles. The lowest BCUT2D eigenvalue weighted by Gasteiger charge is -2.18. The van der Waals surface area contributed by atoms with Gasteiger partial charge in [0.15, 0.2) is 0 Å². The number of carbonyl (C=O) groups excluding carboxylic acids is 2. The van der Waals surface area contributed by atoms with Crippen molar-refractivity contribution < 1.29 is 28.6 Å². The lowest BCUT2D eigenvalue weighted by Crippen LogP contribution is -2.44. The number of hydrogen-bond acceptors (Lipinski definition) is 9. The summed E-state index contributed by atoms with van der Waals surface area (Å²) in [4.78, 5) is 44.9. The van der Waals surface area contributed by atoms with E-state index in [4.69, 9.17) is 10.5 Å². The first-order chi connectivity index (χ1) is 15.1. The van der Waals surface area contributed by atoms with Gasteiger partial charge in [-0.3, -0.25) is 35.1 Å². The Labute approximate surface area is 180 Å². The fourth-order valence-corrected chi connectivity index (χ4v) is 2.80. The zero-order chi connectivity index (χ0) is 24.0. The summed E-state index contributed by atoms with van der Waals surface area (Å²) in [7, 11) is 1.48. The fourth-order valence-electron chi connectivity index (χ4n) is 2.80. The average molecular weight is 449 g/mol. The minimum absolute atomic E-state index is 0.105. The van der Waals surface area contributed by atoms with Crippen LogP contribution in [-0.4, -0.2) is 41.4 Å². The van der Waals surface area contributed by atoms with E-state index in [1.165, 1.54) is 14.0 Å². The number of nitrogens with one attached hydrogen (secondary N) is 2. The number of nitro groups is 2. The minimum Gasteiger partial charge on any atom is -0.497 e. The first kappa shape index (κ1) is 24.1. The highest BCUT2D eigenvalue weighted by Gasteiger charge is 2.28. The Morgan fingerprint density at radius 3 is 2.19 bits per heavy atom. The molecule has 13 heteroatoms. The van der Waals surface area contributed by atoms with Crippen LogP contribution in [0.3, 0.4) is 0 Å². The van der Waals surface area contributed by atoms with Gasteiger partial charge in [-0.1, -0.05) is 12.1 Å². The van der Waals surface area contributed by atoms with Crippen molar-refractivity contribution in [3.05, 3.63) is 68.0 Å². The third-order valence-corrected chi connectivity index (χ3v) is 4.54. The van der Waals surface area contributed by atoms with Gasteiger partial charge < -0.3 is 15.8 Å². The smallest absolute Gasteiger partial charge is 0.311 e. The Morgan fingerprint density at radius 1 is 1.09 bits per heavy atom. The second-order valence-corrected chi connectivity index (χ2v) is 6.62. The fraction of sp³-hybridized carbons (Fsp3) is 0.263. The quantitative estimate of drug-likeness (QED) is 0.380. The number of nitrogens with two attached hydrogens (primary N) is 1. The van der Waals surface area contributed by atoms with Crippen LogP contribution in [0.25, 0.3) is 0 Å². The summed E-state index contributed by atoms with van der Waals surface area (Å²) in [6.07, 6.45) is 0. The molecule has 0 unspecified atom stereocenters. The number of anilines is 1. The molecular weight excluding hydrogens is 429 g/mol. The van der Waals surface area contributed by atoms with E-state index >= 15 is 0 Å². The third-order valence-electron chi connectivity index (χ3n) is 4.54. The van der Waals surface area contributed by atoms with E-state index in [0.717, 1.165) is 0 Å². The Kier molecular flexibility index (Phi) is 7.74. The average Bonchev–Trinajstić information content (AvgIpc) is 2.74. The number of carbonyl (C=O) groups is 2.